The standard InChI is InChI=1S/C83H97BN4/c1-74(2,3)50-28-34-65-61(43-50)80(16)36-22-24-38-82(80,18)87(65)54-31-33-63-67(47-54)85(53-30-32-59-60(46-53)78(12,13)41-40-77(59,10)11)68-48-55(88-66-35-29-51(75(4,5)6)44-62(66)81(17)37-23-25-39-83(81,88)19)49-69-71(68)84(63)64-45-52(76(7,8)9)42-57-70-56-26-20-21-27-58(56)79(14,15)73(70)86(69)72(57)64/h20-21,26-35,42-49H,22-25,36-41H2,1-19H3. The van der Waals surface area contributed by atoms with Gasteiger partial charge < -0.3 is 19.3 Å². The van der Waals surface area contributed by atoms with E-state index < -0.39 is 0 Å². The lowest BCUT2D eigenvalue weighted by molar-refractivity contribution is 0.195. The molecule has 7 aromatic carbocycles. The van der Waals surface area contributed by atoms with Crippen LogP contribution in [0, 0.1) is 0 Å². The predicted molar refractivity (Wildman–Crippen MR) is 377 cm³/mol. The van der Waals surface area contributed by atoms with Gasteiger partial charge in [-0.25, -0.2) is 0 Å². The van der Waals surface area contributed by atoms with E-state index in [2.05, 4.69) is 272 Å². The fraction of sp³-hybridized carbons (Fsp3) is 0.470. The topological polar surface area (TPSA) is 14.7 Å². The average molecular weight is 1160 g/mol. The maximum atomic E-state index is 2.90. The van der Waals surface area contributed by atoms with Crippen LogP contribution in [-0.4, -0.2) is 22.4 Å². The second kappa shape index (κ2) is 17.5. The Balaban J connectivity index is 1.05. The van der Waals surface area contributed by atoms with Crippen molar-refractivity contribution in [2.45, 2.75) is 250 Å². The van der Waals surface area contributed by atoms with Crippen molar-refractivity contribution in [3.63, 3.8) is 0 Å². The summed E-state index contributed by atoms with van der Waals surface area (Å²) in [5.74, 6) is 0. The predicted octanol–water partition coefficient (Wildman–Crippen LogP) is 20.3. The zero-order chi connectivity index (χ0) is 62.0. The van der Waals surface area contributed by atoms with E-state index in [4.69, 9.17) is 0 Å². The van der Waals surface area contributed by atoms with Crippen LogP contribution < -0.4 is 31.1 Å². The Hall–Kier alpha value is -6.46. The molecule has 5 heteroatoms. The van der Waals surface area contributed by atoms with Crippen molar-refractivity contribution in [3.05, 3.63) is 172 Å². The first-order valence-corrected chi connectivity index (χ1v) is 34.3. The molecule has 88 heavy (non-hydrogen) atoms. The summed E-state index contributed by atoms with van der Waals surface area (Å²) in [4.78, 5) is 8.58. The third-order valence-electron chi connectivity index (χ3n) is 25.7. The monoisotopic (exact) mass is 1160 g/mol. The Morgan fingerprint density at radius 3 is 1.53 bits per heavy atom. The van der Waals surface area contributed by atoms with Crippen molar-refractivity contribution >= 4 is 73.8 Å². The molecule has 2 fully saturated rings. The molecule has 452 valence electrons. The minimum atomic E-state index is -0.265. The molecule has 4 aliphatic carbocycles. The van der Waals surface area contributed by atoms with E-state index in [0.29, 0.717) is 0 Å². The van der Waals surface area contributed by atoms with Crippen molar-refractivity contribution in [2.75, 3.05) is 14.7 Å². The van der Waals surface area contributed by atoms with Gasteiger partial charge in [-0.05, 0) is 201 Å². The molecule has 1 aromatic heterocycles. The van der Waals surface area contributed by atoms with Gasteiger partial charge >= 0.3 is 0 Å². The molecule has 8 aromatic rings. The summed E-state index contributed by atoms with van der Waals surface area (Å²) in [5.41, 5.74) is 31.8. The van der Waals surface area contributed by atoms with Gasteiger partial charge in [-0.3, -0.25) is 0 Å². The van der Waals surface area contributed by atoms with Crippen molar-refractivity contribution in [1.82, 2.24) is 4.57 Å². The number of nitrogens with zero attached hydrogens (tertiary/aromatic N) is 4. The number of anilines is 7. The van der Waals surface area contributed by atoms with Crippen LogP contribution in [0.4, 0.5) is 39.8 Å². The van der Waals surface area contributed by atoms with E-state index in [1.165, 1.54) is 179 Å². The largest absolute Gasteiger partial charge is 0.334 e. The maximum absolute atomic E-state index is 2.90. The fourth-order valence-electron chi connectivity index (χ4n) is 19.9. The van der Waals surface area contributed by atoms with Gasteiger partial charge in [-0.15, -0.1) is 0 Å². The number of hydrogen-bond acceptors (Lipinski definition) is 3. The third-order valence-corrected chi connectivity index (χ3v) is 25.7. The van der Waals surface area contributed by atoms with Crippen LogP contribution >= 0.6 is 0 Å². The van der Waals surface area contributed by atoms with Gasteiger partial charge in [0.15, 0.2) is 0 Å². The third kappa shape index (κ3) is 7.17. The van der Waals surface area contributed by atoms with Gasteiger partial charge in [0, 0.05) is 83.9 Å². The lowest BCUT2D eigenvalue weighted by Crippen LogP contribution is -2.61. The number of hydrogen-bond donors (Lipinski definition) is 0. The summed E-state index contributed by atoms with van der Waals surface area (Å²) >= 11 is 0. The van der Waals surface area contributed by atoms with Crippen LogP contribution in [0.1, 0.15) is 246 Å². The molecule has 4 aliphatic heterocycles. The van der Waals surface area contributed by atoms with Crippen LogP contribution in [0.25, 0.3) is 27.7 Å². The Bertz CT molecular complexity index is 4370. The highest BCUT2D eigenvalue weighted by Gasteiger charge is 2.60. The molecular weight excluding hydrogens is 1060 g/mol. The highest BCUT2D eigenvalue weighted by Crippen LogP contribution is 2.65. The highest BCUT2D eigenvalue weighted by molar-refractivity contribution is 7.00. The summed E-state index contributed by atoms with van der Waals surface area (Å²) in [6.07, 6.45) is 12.0. The summed E-state index contributed by atoms with van der Waals surface area (Å²) in [6.45, 7) is 47.2. The number of rotatable bonds is 3. The molecule has 4 unspecified atom stereocenters. The van der Waals surface area contributed by atoms with Crippen LogP contribution in [0.3, 0.4) is 0 Å². The molecule has 2 saturated carbocycles. The molecule has 0 radical (unpaired) electrons. The van der Waals surface area contributed by atoms with E-state index in [0.717, 1.165) is 19.3 Å². The SMILES string of the molecule is CC(C)(C)c1ccc2c(c1)C1(C)CCCCC1(C)N2c1ccc2c(c1)N(c1ccc3c(c1)C(C)(C)CCC3(C)C)c1cc(N3c4ccc(C(C)(C)C)cc4C4(C)CCCCC34C)cc3c1B2c1cc(C(C)(C)C)cc2c4c(n-3c12)C(C)(C)c1ccccc1-4. The van der Waals surface area contributed by atoms with Crippen LogP contribution in [0.5, 0.6) is 0 Å². The Kier molecular flexibility index (Phi) is 11.3. The van der Waals surface area contributed by atoms with Crippen molar-refractivity contribution < 1.29 is 0 Å². The Morgan fingerprint density at radius 1 is 0.398 bits per heavy atom. The van der Waals surface area contributed by atoms with Gasteiger partial charge in [0.25, 0.3) is 6.71 Å². The highest BCUT2D eigenvalue weighted by atomic mass is 15.3. The molecule has 0 N–H and O–H groups in total. The summed E-state index contributed by atoms with van der Waals surface area (Å²) in [6, 6.07) is 51.0. The first kappa shape index (κ1) is 56.8. The zero-order valence-electron chi connectivity index (χ0n) is 57.0. The first-order valence-electron chi connectivity index (χ1n) is 34.3. The minimum absolute atomic E-state index is 0.00528. The van der Waals surface area contributed by atoms with E-state index in [-0.39, 0.29) is 61.1 Å². The molecule has 4 nitrogen and oxygen atoms in total. The number of benzene rings is 7. The van der Waals surface area contributed by atoms with Crippen LogP contribution in [0.2, 0.25) is 0 Å². The molecule has 0 amide bonds. The quantitative estimate of drug-likeness (QED) is 0.164. The van der Waals surface area contributed by atoms with Crippen molar-refractivity contribution in [3.8, 4) is 16.8 Å². The van der Waals surface area contributed by atoms with E-state index >= 15 is 0 Å². The lowest BCUT2D eigenvalue weighted by atomic mass is 9.33. The number of aromatic nitrogens is 1. The average Bonchev–Trinajstić information content (AvgIpc) is 1.45. The number of fused-ring (bicyclic) bond motifs is 16. The summed E-state index contributed by atoms with van der Waals surface area (Å²) in [7, 11) is 0. The Morgan fingerprint density at radius 2 is 0.932 bits per heavy atom. The minimum Gasteiger partial charge on any atom is -0.334 e. The van der Waals surface area contributed by atoms with Gasteiger partial charge in [0.1, 0.15) is 0 Å². The summed E-state index contributed by atoms with van der Waals surface area (Å²) < 4.78 is 2.85. The zero-order valence-corrected chi connectivity index (χ0v) is 57.0. The van der Waals surface area contributed by atoms with E-state index in [9.17, 15) is 0 Å². The van der Waals surface area contributed by atoms with E-state index in [1.54, 1.807) is 0 Å². The smallest absolute Gasteiger partial charge is 0.252 e. The van der Waals surface area contributed by atoms with Crippen molar-refractivity contribution in [1.29, 1.82) is 0 Å². The molecule has 0 saturated heterocycles. The Labute approximate surface area is 528 Å². The normalized spacial score (nSPS) is 25.6. The molecule has 16 rings (SSSR count). The van der Waals surface area contributed by atoms with Gasteiger partial charge in [-0.2, -0.15) is 0 Å². The second-order valence-electron chi connectivity index (χ2n) is 35.1. The maximum Gasteiger partial charge on any atom is 0.252 e. The van der Waals surface area contributed by atoms with Gasteiger partial charge in [0.05, 0.1) is 11.1 Å². The van der Waals surface area contributed by atoms with Gasteiger partial charge in [0.2, 0.25) is 0 Å². The lowest BCUT2D eigenvalue weighted by Gasteiger charge is -2.51. The van der Waals surface area contributed by atoms with Gasteiger partial charge in [-0.1, -0.05) is 210 Å². The molecular formula is C83H97BN4. The van der Waals surface area contributed by atoms with E-state index in [1.807, 2.05) is 0 Å². The second-order valence-corrected chi connectivity index (χ2v) is 35.1. The molecule has 0 bridgehead atoms. The summed E-state index contributed by atoms with van der Waals surface area (Å²) in [5, 5.41) is 1.40. The first-order chi connectivity index (χ1) is 41.2. The molecule has 8 aliphatic rings. The van der Waals surface area contributed by atoms with Crippen LogP contribution in [0.15, 0.2) is 121 Å². The fourth-order valence-corrected chi connectivity index (χ4v) is 19.9. The van der Waals surface area contributed by atoms with Crippen molar-refractivity contribution in [2.24, 2.45) is 0 Å². The molecule has 4 atom stereocenters. The molecule has 5 heterocycles. The van der Waals surface area contributed by atoms with Crippen LogP contribution in [-0.2, 0) is 43.3 Å². The molecule has 0 spiro atoms.